The van der Waals surface area contributed by atoms with Crippen LogP contribution in [-0.2, 0) is 6.42 Å². The quantitative estimate of drug-likeness (QED) is 0.600. The molecule has 4 rings (SSSR count). The molecule has 3 aromatic rings. The minimum atomic E-state index is 0.655. The number of rotatable bonds is 2. The van der Waals surface area contributed by atoms with Crippen LogP contribution < -0.4 is 5.32 Å². The van der Waals surface area contributed by atoms with Gasteiger partial charge in [-0.1, -0.05) is 39.1 Å². The van der Waals surface area contributed by atoms with Gasteiger partial charge in [0, 0.05) is 27.2 Å². The molecule has 6 heteroatoms. The molecular weight excluding hydrogens is 397 g/mol. The second-order valence-electron chi connectivity index (χ2n) is 5.36. The minimum Gasteiger partial charge on any atom is -0.369 e. The highest BCUT2D eigenvalue weighted by Crippen LogP contribution is 2.38. The van der Waals surface area contributed by atoms with Crippen molar-refractivity contribution in [3.8, 4) is 16.9 Å². The molecule has 3 nitrogen and oxygen atoms in total. The molecule has 1 aromatic heterocycles. The van der Waals surface area contributed by atoms with Crippen molar-refractivity contribution in [2.75, 3.05) is 11.9 Å². The fourth-order valence-electron chi connectivity index (χ4n) is 2.84. The maximum Gasteiger partial charge on any atom is 0.133 e. The third kappa shape index (κ3) is 2.65. The number of hydrogen-bond donors (Lipinski definition) is 1. The molecule has 0 amide bonds. The average molecular weight is 409 g/mol. The monoisotopic (exact) mass is 407 g/mol. The maximum atomic E-state index is 6.37. The number of benzene rings is 2. The first-order valence-electron chi connectivity index (χ1n) is 7.20. The van der Waals surface area contributed by atoms with E-state index < -0.39 is 0 Å². The van der Waals surface area contributed by atoms with E-state index in [0.717, 1.165) is 40.2 Å². The number of anilines is 1. The van der Waals surface area contributed by atoms with Gasteiger partial charge in [0.1, 0.15) is 5.82 Å². The first-order valence-corrected chi connectivity index (χ1v) is 8.75. The molecule has 1 aliphatic heterocycles. The lowest BCUT2D eigenvalue weighted by Crippen LogP contribution is -2.04. The Balaban J connectivity index is 1.91. The summed E-state index contributed by atoms with van der Waals surface area (Å²) in [5.41, 5.74) is 3.94. The third-order valence-corrected chi connectivity index (χ3v) is 5.00. The molecule has 23 heavy (non-hydrogen) atoms. The van der Waals surface area contributed by atoms with Crippen molar-refractivity contribution in [1.29, 1.82) is 0 Å². The van der Waals surface area contributed by atoms with E-state index in [9.17, 15) is 0 Å². The van der Waals surface area contributed by atoms with Crippen LogP contribution in [0.1, 0.15) is 5.56 Å². The Morgan fingerprint density at radius 1 is 1.09 bits per heavy atom. The first-order chi connectivity index (χ1) is 11.1. The third-order valence-electron chi connectivity index (χ3n) is 3.91. The summed E-state index contributed by atoms with van der Waals surface area (Å²) >= 11 is 16.0. The van der Waals surface area contributed by atoms with Crippen molar-refractivity contribution >= 4 is 44.9 Å². The van der Waals surface area contributed by atoms with Crippen LogP contribution in [0, 0.1) is 0 Å². The van der Waals surface area contributed by atoms with Gasteiger partial charge in [0.05, 0.1) is 16.4 Å². The van der Waals surface area contributed by atoms with Crippen LogP contribution in [0.15, 0.2) is 46.9 Å². The minimum absolute atomic E-state index is 0.655. The molecule has 0 saturated heterocycles. The largest absolute Gasteiger partial charge is 0.369 e. The molecule has 0 fully saturated rings. The predicted octanol–water partition coefficient (Wildman–Crippen LogP) is 5.58. The van der Waals surface area contributed by atoms with E-state index in [4.69, 9.17) is 28.3 Å². The van der Waals surface area contributed by atoms with Crippen molar-refractivity contribution in [3.63, 3.8) is 0 Å². The summed E-state index contributed by atoms with van der Waals surface area (Å²) in [5, 5.41) is 9.53. The van der Waals surface area contributed by atoms with Gasteiger partial charge in [0.2, 0.25) is 0 Å². The normalized spacial score (nSPS) is 13.0. The van der Waals surface area contributed by atoms with Gasteiger partial charge in [-0.2, -0.15) is 5.10 Å². The number of aromatic nitrogens is 2. The van der Waals surface area contributed by atoms with E-state index in [1.54, 1.807) is 6.07 Å². The maximum absolute atomic E-state index is 6.37. The molecule has 0 spiro atoms. The van der Waals surface area contributed by atoms with Gasteiger partial charge in [0.25, 0.3) is 0 Å². The van der Waals surface area contributed by atoms with Gasteiger partial charge in [-0.25, -0.2) is 4.68 Å². The van der Waals surface area contributed by atoms with Crippen LogP contribution in [0.3, 0.4) is 0 Å². The molecule has 2 heterocycles. The summed E-state index contributed by atoms with van der Waals surface area (Å²) in [6, 6.07) is 13.5. The number of halogens is 3. The van der Waals surface area contributed by atoms with E-state index >= 15 is 0 Å². The Labute approximate surface area is 152 Å². The molecule has 0 unspecified atom stereocenters. The van der Waals surface area contributed by atoms with Gasteiger partial charge in [-0.3, -0.25) is 0 Å². The summed E-state index contributed by atoms with van der Waals surface area (Å²) < 4.78 is 2.97. The Hall–Kier alpha value is -1.49. The van der Waals surface area contributed by atoms with Crippen LogP contribution in [-0.4, -0.2) is 16.3 Å². The molecule has 0 bridgehead atoms. The molecule has 0 atom stereocenters. The van der Waals surface area contributed by atoms with E-state index in [2.05, 4.69) is 21.2 Å². The lowest BCUT2D eigenvalue weighted by Gasteiger charge is -2.06. The number of hydrogen-bond acceptors (Lipinski definition) is 2. The highest BCUT2D eigenvalue weighted by Gasteiger charge is 2.25. The van der Waals surface area contributed by atoms with Crippen LogP contribution in [0.4, 0.5) is 5.82 Å². The van der Waals surface area contributed by atoms with Crippen molar-refractivity contribution < 1.29 is 0 Å². The molecular formula is C17H12BrCl2N3. The summed E-state index contributed by atoms with van der Waals surface area (Å²) in [7, 11) is 0. The average Bonchev–Trinajstić information content (AvgIpc) is 3.13. The fourth-order valence-corrected chi connectivity index (χ4v) is 3.48. The zero-order valence-electron chi connectivity index (χ0n) is 12.0. The van der Waals surface area contributed by atoms with Crippen LogP contribution in [0.25, 0.3) is 16.9 Å². The van der Waals surface area contributed by atoms with Gasteiger partial charge >= 0.3 is 0 Å². The predicted molar refractivity (Wildman–Crippen MR) is 98.9 cm³/mol. The van der Waals surface area contributed by atoms with Crippen molar-refractivity contribution in [1.82, 2.24) is 9.78 Å². The smallest absolute Gasteiger partial charge is 0.133 e. The Morgan fingerprint density at radius 3 is 2.65 bits per heavy atom. The van der Waals surface area contributed by atoms with Gasteiger partial charge in [-0.15, -0.1) is 0 Å². The molecule has 116 valence electrons. The second-order valence-corrected chi connectivity index (χ2v) is 7.12. The first kappa shape index (κ1) is 15.1. The van der Waals surface area contributed by atoms with Gasteiger partial charge in [-0.05, 0) is 48.9 Å². The number of nitrogens with one attached hydrogen (secondary N) is 1. The van der Waals surface area contributed by atoms with E-state index in [1.807, 2.05) is 41.1 Å². The lowest BCUT2D eigenvalue weighted by atomic mass is 10.1. The highest BCUT2D eigenvalue weighted by molar-refractivity contribution is 9.10. The number of fused-ring (bicyclic) bond motifs is 1. The van der Waals surface area contributed by atoms with Gasteiger partial charge in [0.15, 0.2) is 0 Å². The van der Waals surface area contributed by atoms with Crippen LogP contribution in [0.5, 0.6) is 0 Å². The Kier molecular flexibility index (Phi) is 3.84. The summed E-state index contributed by atoms with van der Waals surface area (Å²) in [4.78, 5) is 0. The molecule has 2 aromatic carbocycles. The van der Waals surface area contributed by atoms with Crippen molar-refractivity contribution in [2.45, 2.75) is 6.42 Å². The van der Waals surface area contributed by atoms with Gasteiger partial charge < -0.3 is 5.32 Å². The molecule has 1 N–H and O–H groups in total. The zero-order valence-corrected chi connectivity index (χ0v) is 15.1. The van der Waals surface area contributed by atoms with Crippen LogP contribution >= 0.6 is 39.1 Å². The Bertz CT molecular complexity index is 888. The van der Waals surface area contributed by atoms with E-state index in [-0.39, 0.29) is 0 Å². The summed E-state index contributed by atoms with van der Waals surface area (Å²) in [6.45, 7) is 0.898. The molecule has 0 radical (unpaired) electrons. The lowest BCUT2D eigenvalue weighted by molar-refractivity contribution is 0.882. The van der Waals surface area contributed by atoms with Crippen molar-refractivity contribution in [2.24, 2.45) is 0 Å². The Morgan fingerprint density at radius 2 is 1.87 bits per heavy atom. The molecule has 0 aliphatic carbocycles. The fraction of sp³-hybridized carbons (Fsp3) is 0.118. The number of nitrogens with zero attached hydrogens (tertiary/aromatic N) is 2. The van der Waals surface area contributed by atoms with Crippen LogP contribution in [0.2, 0.25) is 10.0 Å². The van der Waals surface area contributed by atoms with E-state index in [1.165, 1.54) is 5.56 Å². The highest BCUT2D eigenvalue weighted by atomic mass is 79.9. The SMILES string of the molecule is Clc1ccc(Cl)c(-c2nn(-c3ccc(Br)cc3)c3c2CCN3)c1. The zero-order chi connectivity index (χ0) is 16.0. The topological polar surface area (TPSA) is 29.9 Å². The summed E-state index contributed by atoms with van der Waals surface area (Å²) in [5.74, 6) is 1.03. The standard InChI is InChI=1S/C17H12BrCl2N3/c18-10-1-4-12(5-2-10)23-17-13(7-8-21-17)16(22-23)14-9-11(19)3-6-15(14)20/h1-6,9,21H,7-8H2. The molecule has 1 aliphatic rings. The molecule has 0 saturated carbocycles. The second kappa shape index (κ2) is 5.86. The van der Waals surface area contributed by atoms with E-state index in [0.29, 0.717) is 10.0 Å². The van der Waals surface area contributed by atoms with Crippen molar-refractivity contribution in [3.05, 3.63) is 62.5 Å². The summed E-state index contributed by atoms with van der Waals surface area (Å²) in [6.07, 6.45) is 0.921.